The van der Waals surface area contributed by atoms with Crippen molar-refractivity contribution < 1.29 is 90.7 Å². The normalized spacial score (nSPS) is 18.5. The lowest BCUT2D eigenvalue weighted by molar-refractivity contribution is 0.0325. The monoisotopic (exact) mass is 1920 g/mol. The summed E-state index contributed by atoms with van der Waals surface area (Å²) in [6.07, 6.45) is 10.2. The van der Waals surface area contributed by atoms with Gasteiger partial charge in [-0.15, -0.1) is 0 Å². The van der Waals surface area contributed by atoms with Gasteiger partial charge in [-0.25, -0.2) is 0 Å². The van der Waals surface area contributed by atoms with Crippen molar-refractivity contribution in [3.63, 3.8) is 0 Å². The standard InChI is InChI=1S/C28H28O6.C22H28O5.C20H24O5.C20H24O.C18H20O.C11H13NO.2CH4/c1-7-22(29-13-25-16-32-25)8-2-19(1)28(20-3-9-23(10-4-20)30-14-26-17-33-26)21-5-11-24(12-6-21)31-15-27-18-34-27;1-22(2,17-6-10-20(11-7-17)26-14-21-15-27-21)16-4-8-19(9-5-16)25-13-18(23)12-24-3;1-22-11-17(21)12-23-18-6-2-15(3-7-18)10-16-4-8-19(9-5-16)24-13-20-14-25-20;1-15-4-8-17(9-5-15)20(2,3)18-10-12-19(13-11-18)21-14-16-6-7-16;1-14-2-4-15(5-3-14)12-16-8-10-18(11-9-16)19-13-17-6-7-17;1-2-4-9(5-3-1)12(10-6-7-10)11-8-13-11;;/h1-12,25-28H,13-18H2;4-11,18,21,23H,12-15H2,1-3H3;2-9,17,20-21H,10-14H2,1H3;4-5,8-13,16H,6-7,14H2,1-3H3;2-5,8-11,17H,6-7,12-13H2,1H3;1-5,10-11H,6-8H2;2*1H4. The van der Waals surface area contributed by atoms with Gasteiger partial charge in [0.1, 0.15) is 141 Å². The van der Waals surface area contributed by atoms with Crippen molar-refractivity contribution in [1.29, 1.82) is 0 Å². The van der Waals surface area contributed by atoms with Crippen LogP contribution in [0.3, 0.4) is 0 Å². The molecule has 0 radical (unpaired) electrons. The number of hydrogen-bond acceptors (Lipinski definition) is 20. The van der Waals surface area contributed by atoms with Gasteiger partial charge >= 0.3 is 0 Å². The lowest BCUT2D eigenvalue weighted by Crippen LogP contribution is -2.28. The predicted octanol–water partition coefficient (Wildman–Crippen LogP) is 22.6. The van der Waals surface area contributed by atoms with Crippen molar-refractivity contribution in [2.45, 2.75) is 180 Å². The topological polar surface area (TPSA) is 220 Å². The molecule has 8 atom stereocenters. The van der Waals surface area contributed by atoms with Crippen LogP contribution in [0.15, 0.2) is 297 Å². The van der Waals surface area contributed by atoms with Gasteiger partial charge in [0.25, 0.3) is 0 Å². The average Bonchev–Trinajstić information content (AvgIpc) is 1.64. The van der Waals surface area contributed by atoms with E-state index in [4.69, 9.17) is 80.5 Å². The van der Waals surface area contributed by atoms with Gasteiger partial charge in [0.15, 0.2) is 6.23 Å². The Morgan fingerprint density at radius 1 is 0.291 bits per heavy atom. The highest BCUT2D eigenvalue weighted by Crippen LogP contribution is 2.41. The van der Waals surface area contributed by atoms with E-state index in [-0.39, 0.29) is 88.5 Å². The molecule has 8 unspecified atom stereocenters. The average molecular weight is 1920 g/mol. The van der Waals surface area contributed by atoms with Crippen LogP contribution in [0, 0.1) is 25.7 Å². The summed E-state index contributed by atoms with van der Waals surface area (Å²) < 4.78 is 92.7. The summed E-state index contributed by atoms with van der Waals surface area (Å²) in [7, 11) is 3.11. The number of hydrogen-bond donors (Lipinski definition) is 2. The van der Waals surface area contributed by atoms with Gasteiger partial charge in [0.05, 0.1) is 66.1 Å². The van der Waals surface area contributed by atoms with Crippen LogP contribution in [0.5, 0.6) is 51.7 Å². The molecule has 12 aromatic carbocycles. The highest BCUT2D eigenvalue weighted by Gasteiger charge is 2.41. The van der Waals surface area contributed by atoms with E-state index in [1.807, 2.05) is 97.1 Å². The van der Waals surface area contributed by atoms with Crippen LogP contribution in [-0.2, 0) is 61.6 Å². The molecular formula is C121H145NO19. The summed E-state index contributed by atoms with van der Waals surface area (Å²) in [5.74, 6) is 9.45. The van der Waals surface area contributed by atoms with Gasteiger partial charge in [-0.2, -0.15) is 0 Å². The number of rotatable bonds is 45. The Morgan fingerprint density at radius 2 is 0.532 bits per heavy atom. The molecule has 6 saturated heterocycles. The molecule has 12 aromatic rings. The second-order valence-electron chi connectivity index (χ2n) is 38.5. The first-order valence-corrected chi connectivity index (χ1v) is 49.3. The fourth-order valence-corrected chi connectivity index (χ4v) is 15.7. The molecule has 2 N–H and O–H groups in total. The van der Waals surface area contributed by atoms with Crippen molar-refractivity contribution in [1.82, 2.24) is 0 Å². The van der Waals surface area contributed by atoms with Crippen LogP contribution < -0.4 is 47.5 Å². The number of methoxy groups -OCH3 is 2. The van der Waals surface area contributed by atoms with Crippen LogP contribution in [0.2, 0.25) is 0 Å². The van der Waals surface area contributed by atoms with Gasteiger partial charge in [-0.3, -0.25) is 0 Å². The highest BCUT2D eigenvalue weighted by molar-refractivity contribution is 5.52. The van der Waals surface area contributed by atoms with Crippen molar-refractivity contribution in [2.24, 2.45) is 11.8 Å². The Labute approximate surface area is 835 Å². The Bertz CT molecular complexity index is 5430. The fourth-order valence-electron chi connectivity index (χ4n) is 15.7. The van der Waals surface area contributed by atoms with E-state index in [9.17, 15) is 10.2 Å². The first-order valence-electron chi connectivity index (χ1n) is 49.3. The second kappa shape index (κ2) is 52.3. The lowest BCUT2D eigenvalue weighted by atomic mass is 9.78. The minimum Gasteiger partial charge on any atom is -0.493 e. The summed E-state index contributed by atoms with van der Waals surface area (Å²) in [6.45, 7) is 23.9. The maximum atomic E-state index is 9.67. The summed E-state index contributed by atoms with van der Waals surface area (Å²) in [6, 6.07) is 103. The first-order chi connectivity index (χ1) is 67.8. The summed E-state index contributed by atoms with van der Waals surface area (Å²) in [5, 5.41) is 19.3. The zero-order chi connectivity index (χ0) is 96.1. The quantitative estimate of drug-likeness (QED) is 0.0268. The number of nitrogens with zero attached hydrogens (tertiary/aromatic N) is 1. The van der Waals surface area contributed by atoms with E-state index >= 15 is 0 Å². The van der Waals surface area contributed by atoms with Gasteiger partial charge in [-0.1, -0.05) is 230 Å². The molecule has 0 bridgehead atoms. The number of ether oxygens (including phenoxy) is 17. The third-order valence-corrected chi connectivity index (χ3v) is 25.6. The van der Waals surface area contributed by atoms with Crippen molar-refractivity contribution in [2.75, 3.05) is 131 Å². The van der Waals surface area contributed by atoms with Crippen molar-refractivity contribution in [3.8, 4) is 51.7 Å². The Hall–Kier alpha value is -11.8. The Morgan fingerprint density at radius 3 is 0.787 bits per heavy atom. The third kappa shape index (κ3) is 35.4. The molecule has 3 saturated carbocycles. The molecule has 0 aromatic heterocycles. The summed E-state index contributed by atoms with van der Waals surface area (Å²) in [4.78, 5) is 2.42. The van der Waals surface area contributed by atoms with Crippen LogP contribution >= 0.6 is 0 Å². The van der Waals surface area contributed by atoms with Gasteiger partial charge in [0.2, 0.25) is 0 Å². The minimum atomic E-state index is -0.627. The van der Waals surface area contributed by atoms with Crippen molar-refractivity contribution in [3.05, 3.63) is 370 Å². The predicted molar refractivity (Wildman–Crippen MR) is 556 cm³/mol. The molecule has 20 nitrogen and oxygen atoms in total. The van der Waals surface area contributed by atoms with E-state index in [0.29, 0.717) is 39.3 Å². The van der Waals surface area contributed by atoms with Crippen LogP contribution in [-0.4, -0.2) is 192 Å². The maximum absolute atomic E-state index is 9.67. The number of para-hydroxylation sites is 1. The Kier molecular flexibility index (Phi) is 39.0. The molecular weight excluding hydrogens is 1770 g/mol. The summed E-state index contributed by atoms with van der Waals surface area (Å²) in [5.41, 5.74) is 17.6. The zero-order valence-electron chi connectivity index (χ0n) is 81.7. The van der Waals surface area contributed by atoms with Gasteiger partial charge < -0.3 is 95.6 Å². The molecule has 748 valence electrons. The molecule has 9 fully saturated rings. The maximum Gasteiger partial charge on any atom is 0.154 e. The molecule has 6 aliphatic heterocycles. The molecule has 6 heterocycles. The number of epoxide rings is 6. The van der Waals surface area contributed by atoms with E-state index in [0.717, 1.165) is 135 Å². The Balaban J connectivity index is 0.000000137. The van der Waals surface area contributed by atoms with E-state index < -0.39 is 12.2 Å². The number of aliphatic hydroxyl groups is 2. The molecule has 141 heavy (non-hydrogen) atoms. The molecule has 21 rings (SSSR count). The fraction of sp³-hybridized carbons (Fsp3) is 0.405. The summed E-state index contributed by atoms with van der Waals surface area (Å²) >= 11 is 0. The number of benzene rings is 12. The zero-order valence-corrected chi connectivity index (χ0v) is 81.7. The highest BCUT2D eigenvalue weighted by atomic mass is 16.6. The number of aliphatic hydroxyl groups excluding tert-OH is 2. The third-order valence-electron chi connectivity index (χ3n) is 25.6. The number of anilines is 1. The lowest BCUT2D eigenvalue weighted by Gasteiger charge is -2.26. The van der Waals surface area contributed by atoms with E-state index in [1.54, 1.807) is 14.2 Å². The molecule has 0 spiro atoms. The van der Waals surface area contributed by atoms with E-state index in [1.165, 1.54) is 117 Å². The van der Waals surface area contributed by atoms with Crippen LogP contribution in [0.1, 0.15) is 159 Å². The van der Waals surface area contributed by atoms with Crippen LogP contribution in [0.25, 0.3) is 0 Å². The van der Waals surface area contributed by atoms with Crippen LogP contribution in [0.4, 0.5) is 5.69 Å². The second-order valence-corrected chi connectivity index (χ2v) is 38.5. The smallest absolute Gasteiger partial charge is 0.154 e. The molecule has 3 aliphatic carbocycles. The minimum absolute atomic E-state index is 0. The van der Waals surface area contributed by atoms with Gasteiger partial charge in [-0.05, 0) is 260 Å². The molecule has 20 heteroatoms. The SMILES string of the molecule is C.C.COCC(O)COc1ccc(C(C)(C)c2ccc(OCC3CO3)cc2)cc1.COCC(O)COc1ccc(Cc2ccc(OCC3CO3)cc2)cc1.Cc1ccc(C(C)(C)c2ccc(OCC3CC3)cc2)cc1.Cc1ccc(Cc2ccc(OCC3CC3)cc2)cc1.c1cc(C(c2ccc(OCC3CO3)cc2)c2ccc(OCC3CO3)cc2)ccc1OCC1CO1.c1ccc(N(C2CC2)C2CO2)cc1. The molecule has 9 aliphatic rings. The first kappa shape index (κ1) is 105. The van der Waals surface area contributed by atoms with Gasteiger partial charge in [0, 0.05) is 42.7 Å². The largest absolute Gasteiger partial charge is 0.493 e. The van der Waals surface area contributed by atoms with E-state index in [2.05, 4.69) is 247 Å². The number of aryl methyl sites for hydroxylation is 2. The van der Waals surface area contributed by atoms with Crippen molar-refractivity contribution >= 4 is 5.69 Å². The molecule has 0 amide bonds.